The first-order valence-corrected chi connectivity index (χ1v) is 17.3. The van der Waals surface area contributed by atoms with Gasteiger partial charge in [-0.1, -0.05) is 35.9 Å². The summed E-state index contributed by atoms with van der Waals surface area (Å²) < 4.78 is 34.9. The van der Waals surface area contributed by atoms with Gasteiger partial charge in [-0.15, -0.1) is 0 Å². The van der Waals surface area contributed by atoms with Gasteiger partial charge in [0.15, 0.2) is 23.0 Å². The van der Waals surface area contributed by atoms with Gasteiger partial charge in [-0.25, -0.2) is 4.79 Å². The summed E-state index contributed by atoms with van der Waals surface area (Å²) in [6.07, 6.45) is 1.58. The molecule has 0 saturated carbocycles. The zero-order chi connectivity index (χ0) is 37.8. The molecular formula is C41H36N2O11. The molecular weight excluding hydrogens is 696 g/mol. The van der Waals surface area contributed by atoms with E-state index < -0.39 is 47.4 Å². The van der Waals surface area contributed by atoms with E-state index in [2.05, 4.69) is 5.32 Å². The molecule has 1 fully saturated rings. The maximum absolute atomic E-state index is 14.3. The highest BCUT2D eigenvalue weighted by molar-refractivity contribution is 6.45. The van der Waals surface area contributed by atoms with Crippen LogP contribution in [0.1, 0.15) is 60.5 Å². The summed E-state index contributed by atoms with van der Waals surface area (Å²) in [6.45, 7) is 2.30. The van der Waals surface area contributed by atoms with Crippen LogP contribution in [-0.4, -0.2) is 68.0 Å². The lowest BCUT2D eigenvalue weighted by Gasteiger charge is -2.39. The summed E-state index contributed by atoms with van der Waals surface area (Å²) >= 11 is 0. The molecule has 0 bridgehead atoms. The van der Waals surface area contributed by atoms with Crippen LogP contribution in [0.15, 0.2) is 72.9 Å². The first-order chi connectivity index (χ1) is 26.1. The number of ketones is 1. The number of rotatable bonds is 9. The van der Waals surface area contributed by atoms with E-state index in [1.807, 2.05) is 35.8 Å². The molecule has 4 aromatic carbocycles. The minimum atomic E-state index is -0.942. The van der Waals surface area contributed by atoms with E-state index in [0.29, 0.717) is 40.3 Å². The number of carbonyl (C=O) groups excluding carboxylic acids is 4. The molecule has 54 heavy (non-hydrogen) atoms. The first-order valence-electron chi connectivity index (χ1n) is 17.3. The zero-order valence-electron chi connectivity index (χ0n) is 29.8. The molecule has 1 aromatic heterocycles. The normalized spacial score (nSPS) is 19.4. The molecule has 2 N–H and O–H groups in total. The Morgan fingerprint density at radius 1 is 0.889 bits per heavy atom. The SMILES string of the molecule is COC(=O)c1cccc2c1c(C(=O)C(=O)N[C@@H]1c3cc4c(cc3[C@@H](c3cc(OC)c(O)c(OC)c3)[C@H]3C(=O)OC[C@@H]31)OCO4)cn2Cc1ccc(C)cc1. The summed E-state index contributed by atoms with van der Waals surface area (Å²) in [5, 5.41) is 13.9. The minimum Gasteiger partial charge on any atom is -0.502 e. The molecule has 3 heterocycles. The van der Waals surface area contributed by atoms with Crippen LogP contribution in [0, 0.1) is 18.8 Å². The molecule has 276 valence electrons. The molecule has 2 aliphatic heterocycles. The second-order valence-corrected chi connectivity index (χ2v) is 13.5. The third-order valence-corrected chi connectivity index (χ3v) is 10.6. The van der Waals surface area contributed by atoms with Crippen molar-refractivity contribution in [3.8, 4) is 28.7 Å². The first kappa shape index (κ1) is 34.6. The Hall–Kier alpha value is -6.50. The van der Waals surface area contributed by atoms with Crippen molar-refractivity contribution in [1.82, 2.24) is 9.88 Å². The number of cyclic esters (lactones) is 1. The number of phenols is 1. The van der Waals surface area contributed by atoms with Crippen molar-refractivity contribution in [2.24, 2.45) is 11.8 Å². The highest BCUT2D eigenvalue weighted by Crippen LogP contribution is 2.55. The van der Waals surface area contributed by atoms with Crippen molar-refractivity contribution >= 4 is 34.5 Å². The van der Waals surface area contributed by atoms with E-state index in [9.17, 15) is 24.3 Å². The number of fused-ring (bicyclic) bond motifs is 4. The van der Waals surface area contributed by atoms with Gasteiger partial charge in [-0.05, 0) is 65.6 Å². The van der Waals surface area contributed by atoms with E-state index in [0.717, 1.165) is 11.1 Å². The fourth-order valence-electron chi connectivity index (χ4n) is 8.00. The highest BCUT2D eigenvalue weighted by atomic mass is 16.7. The van der Waals surface area contributed by atoms with Gasteiger partial charge in [0.2, 0.25) is 12.5 Å². The van der Waals surface area contributed by atoms with Crippen molar-refractivity contribution in [1.29, 1.82) is 0 Å². The number of nitrogens with one attached hydrogen (secondary N) is 1. The number of Topliss-reactive ketones (excluding diaryl/α,β-unsaturated/α-hetero) is 1. The summed E-state index contributed by atoms with van der Waals surface area (Å²) in [5.74, 6) is -4.09. The Morgan fingerprint density at radius 2 is 1.57 bits per heavy atom. The Kier molecular flexibility index (Phi) is 8.63. The number of hydrogen-bond donors (Lipinski definition) is 2. The summed E-state index contributed by atoms with van der Waals surface area (Å²) in [5.41, 5.74) is 4.59. The average molecular weight is 733 g/mol. The van der Waals surface area contributed by atoms with Gasteiger partial charge in [-0.2, -0.15) is 0 Å². The van der Waals surface area contributed by atoms with Gasteiger partial charge < -0.3 is 43.4 Å². The molecule has 13 nitrogen and oxygen atoms in total. The van der Waals surface area contributed by atoms with Crippen LogP contribution in [0.5, 0.6) is 28.7 Å². The number of hydrogen-bond acceptors (Lipinski definition) is 11. The molecule has 13 heteroatoms. The molecule has 0 unspecified atom stereocenters. The number of amides is 1. The standard InChI is InChI=1S/C41H36N2O11/c1-20-8-10-21(11-9-20)16-43-17-26(34-23(40(47)51-4)6-5-7-28(34)43)37(44)39(46)42-36-25-15-30-29(53-19-54-30)14-24(25)33(35-27(36)18-52-41(35)48)22-12-31(49-2)38(45)32(13-22)50-3/h5-15,17,27,33,35-36,45H,16,18-19H2,1-4H3,(H,42,46)/t27-,33+,35-,36+/m0/s1. The van der Waals surface area contributed by atoms with Crippen molar-refractivity contribution in [2.75, 3.05) is 34.7 Å². The number of methoxy groups -OCH3 is 3. The van der Waals surface area contributed by atoms with Crippen LogP contribution >= 0.6 is 0 Å². The van der Waals surface area contributed by atoms with Gasteiger partial charge in [0.1, 0.15) is 0 Å². The third kappa shape index (κ3) is 5.63. The zero-order valence-corrected chi connectivity index (χ0v) is 29.8. The number of esters is 2. The number of aromatic nitrogens is 1. The van der Waals surface area contributed by atoms with E-state index in [-0.39, 0.29) is 47.2 Å². The van der Waals surface area contributed by atoms with Crippen LogP contribution in [-0.2, 0) is 25.6 Å². The van der Waals surface area contributed by atoms with Crippen molar-refractivity contribution in [2.45, 2.75) is 25.4 Å². The molecule has 0 spiro atoms. The van der Waals surface area contributed by atoms with E-state index >= 15 is 0 Å². The van der Waals surface area contributed by atoms with Crippen molar-refractivity contribution < 1.29 is 52.7 Å². The smallest absolute Gasteiger partial charge is 0.338 e. The minimum absolute atomic E-state index is 0.0220. The number of ether oxygens (including phenoxy) is 6. The Bertz CT molecular complexity index is 2340. The Labute approximate surface area is 309 Å². The fourth-order valence-corrected chi connectivity index (χ4v) is 8.00. The van der Waals surface area contributed by atoms with Crippen molar-refractivity contribution in [3.05, 3.63) is 112 Å². The molecule has 0 radical (unpaired) electrons. The molecule has 1 aliphatic carbocycles. The monoisotopic (exact) mass is 732 g/mol. The van der Waals surface area contributed by atoms with Crippen LogP contribution < -0.4 is 24.3 Å². The topological polar surface area (TPSA) is 161 Å². The molecule has 5 aromatic rings. The second-order valence-electron chi connectivity index (χ2n) is 13.5. The van der Waals surface area contributed by atoms with Gasteiger partial charge in [0, 0.05) is 35.5 Å². The summed E-state index contributed by atoms with van der Waals surface area (Å²) in [6, 6.07) is 18.9. The molecule has 1 saturated heterocycles. The lowest BCUT2D eigenvalue weighted by Crippen LogP contribution is -2.44. The van der Waals surface area contributed by atoms with Gasteiger partial charge in [0.05, 0.1) is 51.0 Å². The second kappa shape index (κ2) is 13.5. The highest BCUT2D eigenvalue weighted by Gasteiger charge is 2.53. The number of nitrogens with zero attached hydrogens (tertiary/aromatic N) is 1. The fraction of sp³-hybridized carbons (Fsp3) is 0.268. The van der Waals surface area contributed by atoms with E-state index in [1.54, 1.807) is 48.7 Å². The number of phenolic OH excluding ortho intramolecular Hbond substituents is 1. The Balaban J connectivity index is 1.22. The summed E-state index contributed by atoms with van der Waals surface area (Å²) in [4.78, 5) is 55.2. The van der Waals surface area contributed by atoms with E-state index in [1.165, 1.54) is 21.3 Å². The maximum atomic E-state index is 14.3. The van der Waals surface area contributed by atoms with Crippen LogP contribution in [0.4, 0.5) is 0 Å². The number of carbonyl (C=O) groups is 4. The Morgan fingerprint density at radius 3 is 2.24 bits per heavy atom. The van der Waals surface area contributed by atoms with Crippen LogP contribution in [0.2, 0.25) is 0 Å². The van der Waals surface area contributed by atoms with Gasteiger partial charge in [-0.3, -0.25) is 14.4 Å². The van der Waals surface area contributed by atoms with Crippen LogP contribution in [0.25, 0.3) is 10.9 Å². The van der Waals surface area contributed by atoms with Crippen LogP contribution in [0.3, 0.4) is 0 Å². The molecule has 8 rings (SSSR count). The van der Waals surface area contributed by atoms with Crippen molar-refractivity contribution in [3.63, 3.8) is 0 Å². The molecule has 4 atom stereocenters. The lowest BCUT2D eigenvalue weighted by molar-refractivity contribution is -0.141. The third-order valence-electron chi connectivity index (χ3n) is 10.6. The number of aryl methyl sites for hydroxylation is 1. The predicted molar refractivity (Wildman–Crippen MR) is 192 cm³/mol. The lowest BCUT2D eigenvalue weighted by atomic mass is 9.65. The molecule has 3 aliphatic rings. The molecule has 1 amide bonds. The van der Waals surface area contributed by atoms with E-state index in [4.69, 9.17) is 28.4 Å². The quantitative estimate of drug-likeness (QED) is 0.116. The number of aromatic hydroxyl groups is 1. The number of benzene rings is 4. The summed E-state index contributed by atoms with van der Waals surface area (Å²) in [7, 11) is 4.08. The predicted octanol–water partition coefficient (Wildman–Crippen LogP) is 5.21. The average Bonchev–Trinajstić information content (AvgIpc) is 3.91. The van der Waals surface area contributed by atoms with Gasteiger partial charge >= 0.3 is 11.9 Å². The largest absolute Gasteiger partial charge is 0.502 e. The maximum Gasteiger partial charge on any atom is 0.338 e. The van der Waals surface area contributed by atoms with Gasteiger partial charge in [0.25, 0.3) is 11.7 Å².